The molecule has 2 heterocycles. The molecular formula is C28H27ClFN5O3S. The van der Waals surface area contributed by atoms with Crippen LogP contribution in [0.25, 0.3) is 10.2 Å². The quantitative estimate of drug-likeness (QED) is 0.288. The third-order valence-electron chi connectivity index (χ3n) is 6.29. The van der Waals surface area contributed by atoms with E-state index in [9.17, 15) is 14.0 Å². The Balaban J connectivity index is 1.32. The summed E-state index contributed by atoms with van der Waals surface area (Å²) in [6.45, 7) is 4.18. The number of nitrogens with one attached hydrogen (secondary N) is 2. The van der Waals surface area contributed by atoms with Gasteiger partial charge < -0.3 is 15.4 Å². The highest BCUT2D eigenvalue weighted by Gasteiger charge is 2.20. The first-order valence-corrected chi connectivity index (χ1v) is 13.7. The van der Waals surface area contributed by atoms with E-state index >= 15 is 0 Å². The summed E-state index contributed by atoms with van der Waals surface area (Å²) in [7, 11) is 0. The molecule has 0 bridgehead atoms. The van der Waals surface area contributed by atoms with Crippen molar-refractivity contribution in [3.05, 3.63) is 83.1 Å². The molecule has 1 saturated heterocycles. The van der Waals surface area contributed by atoms with Crippen LogP contribution in [0.1, 0.15) is 5.56 Å². The molecule has 0 aliphatic carbocycles. The van der Waals surface area contributed by atoms with Crippen LogP contribution in [-0.2, 0) is 16.0 Å². The van der Waals surface area contributed by atoms with E-state index in [-0.39, 0.29) is 24.2 Å². The summed E-state index contributed by atoms with van der Waals surface area (Å²) < 4.78 is 19.4. The van der Waals surface area contributed by atoms with Crippen molar-refractivity contribution in [3.8, 4) is 0 Å². The molecule has 1 aromatic heterocycles. The molecule has 4 aromatic rings. The molecular weight excluding hydrogens is 541 g/mol. The molecule has 3 amide bonds. The first kappa shape index (κ1) is 27.0. The van der Waals surface area contributed by atoms with Crippen molar-refractivity contribution in [3.63, 3.8) is 0 Å². The third-order valence-corrected chi connectivity index (χ3v) is 7.48. The predicted molar refractivity (Wildman–Crippen MR) is 153 cm³/mol. The number of hydrogen-bond donors (Lipinski definition) is 2. The van der Waals surface area contributed by atoms with Crippen LogP contribution in [0.5, 0.6) is 0 Å². The van der Waals surface area contributed by atoms with E-state index in [2.05, 4.69) is 20.5 Å². The number of aromatic nitrogens is 1. The standard InChI is InChI=1S/C28H27ClFN5O3S/c29-20-3-7-22(8-4-20)31-28(37)35(12-11-34-13-15-38-16-14-34)23-9-10-24-25(18-23)39-27(32-24)33-26(36)17-19-1-5-21(30)6-2-19/h1-10,18H,11-17H2,(H,31,37)(H,32,33,36). The number of anilines is 3. The van der Waals surface area contributed by atoms with Crippen LogP contribution in [-0.4, -0.2) is 61.2 Å². The van der Waals surface area contributed by atoms with E-state index in [0.717, 1.165) is 23.5 Å². The molecule has 1 aliphatic heterocycles. The average molecular weight is 568 g/mol. The lowest BCUT2D eigenvalue weighted by molar-refractivity contribution is -0.115. The largest absolute Gasteiger partial charge is 0.379 e. The zero-order valence-electron chi connectivity index (χ0n) is 21.0. The second-order valence-corrected chi connectivity index (χ2v) is 10.5. The van der Waals surface area contributed by atoms with Crippen LogP contribution in [0.3, 0.4) is 0 Å². The second kappa shape index (κ2) is 12.5. The van der Waals surface area contributed by atoms with E-state index in [1.54, 1.807) is 41.3 Å². The van der Waals surface area contributed by atoms with Gasteiger partial charge in [0.2, 0.25) is 5.91 Å². The molecule has 0 radical (unpaired) electrons. The SMILES string of the molecule is O=C(Cc1ccc(F)cc1)Nc1nc2ccc(N(CCN3CCOCC3)C(=O)Nc3ccc(Cl)cc3)cc2s1. The number of amides is 3. The monoisotopic (exact) mass is 567 g/mol. The first-order chi connectivity index (χ1) is 18.9. The summed E-state index contributed by atoms with van der Waals surface area (Å²) in [6.07, 6.45) is 0.113. The van der Waals surface area contributed by atoms with E-state index in [4.69, 9.17) is 16.3 Å². The predicted octanol–water partition coefficient (Wildman–Crippen LogP) is 5.64. The Morgan fingerprint density at radius 2 is 1.77 bits per heavy atom. The number of nitrogens with zero attached hydrogens (tertiary/aromatic N) is 3. The molecule has 1 fully saturated rings. The van der Waals surface area contributed by atoms with Crippen LogP contribution in [0, 0.1) is 5.82 Å². The van der Waals surface area contributed by atoms with Crippen LogP contribution in [0.4, 0.5) is 25.7 Å². The lowest BCUT2D eigenvalue weighted by Crippen LogP contribution is -2.44. The number of rotatable bonds is 8. The summed E-state index contributed by atoms with van der Waals surface area (Å²) in [5.41, 5.74) is 2.79. The zero-order valence-corrected chi connectivity index (χ0v) is 22.6. The van der Waals surface area contributed by atoms with Gasteiger partial charge in [-0.2, -0.15) is 0 Å². The van der Waals surface area contributed by atoms with E-state index in [1.807, 2.05) is 18.2 Å². The molecule has 5 rings (SSSR count). The number of hydrogen-bond acceptors (Lipinski definition) is 6. The van der Waals surface area contributed by atoms with Crippen molar-refractivity contribution >= 4 is 61.6 Å². The maximum atomic E-state index is 13.4. The maximum absolute atomic E-state index is 13.4. The van der Waals surface area contributed by atoms with Gasteiger partial charge in [0, 0.05) is 42.6 Å². The molecule has 1 aliphatic rings. The number of fused-ring (bicyclic) bond motifs is 1. The van der Waals surface area contributed by atoms with Crippen LogP contribution in [0.2, 0.25) is 5.02 Å². The third kappa shape index (κ3) is 7.30. The summed E-state index contributed by atoms with van der Waals surface area (Å²) in [4.78, 5) is 34.4. The van der Waals surface area contributed by atoms with Gasteiger partial charge in [0.05, 0.1) is 29.9 Å². The fourth-order valence-electron chi connectivity index (χ4n) is 4.22. The van der Waals surface area contributed by atoms with Gasteiger partial charge in [-0.05, 0) is 60.2 Å². The molecule has 39 heavy (non-hydrogen) atoms. The van der Waals surface area contributed by atoms with Crippen LogP contribution < -0.4 is 15.5 Å². The highest BCUT2D eigenvalue weighted by molar-refractivity contribution is 7.22. The van der Waals surface area contributed by atoms with E-state index < -0.39 is 0 Å². The second-order valence-electron chi connectivity index (χ2n) is 9.07. The van der Waals surface area contributed by atoms with Crippen molar-refractivity contribution in [2.24, 2.45) is 0 Å². The van der Waals surface area contributed by atoms with Gasteiger partial charge in [0.15, 0.2) is 5.13 Å². The summed E-state index contributed by atoms with van der Waals surface area (Å²) in [5.74, 6) is -0.586. The number of carbonyl (C=O) groups excluding carboxylic acids is 2. The van der Waals surface area contributed by atoms with Crippen molar-refractivity contribution in [2.45, 2.75) is 6.42 Å². The smallest absolute Gasteiger partial charge is 0.326 e. The van der Waals surface area contributed by atoms with Gasteiger partial charge in [-0.25, -0.2) is 14.2 Å². The number of morpholine rings is 1. The number of ether oxygens (including phenoxy) is 1. The Bertz CT molecular complexity index is 1440. The van der Waals surface area contributed by atoms with Gasteiger partial charge in [-0.3, -0.25) is 14.6 Å². The highest BCUT2D eigenvalue weighted by atomic mass is 35.5. The minimum atomic E-state index is -0.345. The Hall–Kier alpha value is -3.57. The average Bonchev–Trinajstić information content (AvgIpc) is 3.33. The van der Waals surface area contributed by atoms with E-state index in [0.29, 0.717) is 53.2 Å². The topological polar surface area (TPSA) is 86.8 Å². The van der Waals surface area contributed by atoms with Gasteiger partial charge in [0.25, 0.3) is 0 Å². The molecule has 0 spiro atoms. The number of thiazole rings is 1. The minimum absolute atomic E-state index is 0.113. The number of carbonyl (C=O) groups is 2. The number of halogens is 2. The number of urea groups is 1. The normalized spacial score (nSPS) is 13.8. The Labute approximate surface area is 234 Å². The van der Waals surface area contributed by atoms with Crippen molar-refractivity contribution in [1.29, 1.82) is 0 Å². The lowest BCUT2D eigenvalue weighted by Gasteiger charge is -2.30. The number of benzene rings is 3. The minimum Gasteiger partial charge on any atom is -0.379 e. The molecule has 0 atom stereocenters. The van der Waals surface area contributed by atoms with Gasteiger partial charge in [0.1, 0.15) is 5.82 Å². The molecule has 202 valence electrons. The maximum Gasteiger partial charge on any atom is 0.326 e. The van der Waals surface area contributed by atoms with Crippen LogP contribution >= 0.6 is 22.9 Å². The summed E-state index contributed by atoms with van der Waals surface area (Å²) >= 11 is 7.32. The summed E-state index contributed by atoms with van der Waals surface area (Å²) in [5, 5.41) is 6.83. The fourth-order valence-corrected chi connectivity index (χ4v) is 5.27. The first-order valence-electron chi connectivity index (χ1n) is 12.5. The Kier molecular flexibility index (Phi) is 8.67. The van der Waals surface area contributed by atoms with Gasteiger partial charge in [-0.1, -0.05) is 35.1 Å². The fraction of sp³-hybridized carbons (Fsp3) is 0.250. The van der Waals surface area contributed by atoms with Gasteiger partial charge in [-0.15, -0.1) is 0 Å². The van der Waals surface area contributed by atoms with Gasteiger partial charge >= 0.3 is 6.03 Å². The Morgan fingerprint density at radius 1 is 1.03 bits per heavy atom. The lowest BCUT2D eigenvalue weighted by atomic mass is 10.1. The molecule has 8 nitrogen and oxygen atoms in total. The molecule has 3 aromatic carbocycles. The summed E-state index contributed by atoms with van der Waals surface area (Å²) in [6, 6.07) is 18.1. The van der Waals surface area contributed by atoms with Crippen LogP contribution in [0.15, 0.2) is 66.7 Å². The van der Waals surface area contributed by atoms with E-state index in [1.165, 1.54) is 23.5 Å². The molecule has 0 unspecified atom stereocenters. The molecule has 11 heteroatoms. The Morgan fingerprint density at radius 3 is 2.51 bits per heavy atom. The van der Waals surface area contributed by atoms with Crippen molar-refractivity contribution in [1.82, 2.24) is 9.88 Å². The zero-order chi connectivity index (χ0) is 27.2. The molecule has 2 N–H and O–H groups in total. The van der Waals surface area contributed by atoms with Crippen molar-refractivity contribution in [2.75, 3.05) is 54.9 Å². The molecule has 0 saturated carbocycles. The highest BCUT2D eigenvalue weighted by Crippen LogP contribution is 2.30. The van der Waals surface area contributed by atoms with Crippen molar-refractivity contribution < 1.29 is 18.7 Å².